The van der Waals surface area contributed by atoms with E-state index < -0.39 is 83.5 Å². The van der Waals surface area contributed by atoms with E-state index in [1.807, 2.05) is 25.9 Å². The van der Waals surface area contributed by atoms with Crippen LogP contribution in [0.25, 0.3) is 10.4 Å². The van der Waals surface area contributed by atoms with Gasteiger partial charge in [0.25, 0.3) is 0 Å². The Morgan fingerprint density at radius 1 is 1.12 bits per heavy atom. The van der Waals surface area contributed by atoms with Crippen LogP contribution in [0, 0.1) is 17.8 Å². The first-order chi connectivity index (χ1) is 24.4. The Morgan fingerprint density at radius 3 is 2.37 bits per heavy atom. The van der Waals surface area contributed by atoms with Crippen LogP contribution in [0.15, 0.2) is 5.11 Å². The van der Waals surface area contributed by atoms with Gasteiger partial charge < -0.3 is 38.4 Å². The number of cyclic esters (lactones) is 1. The number of amides is 2. The minimum atomic E-state index is -1.38. The van der Waals surface area contributed by atoms with Gasteiger partial charge >= 0.3 is 12.1 Å². The summed E-state index contributed by atoms with van der Waals surface area (Å²) in [5.74, 6) is -4.33. The molecule has 0 spiro atoms. The lowest BCUT2D eigenvalue weighted by Gasteiger charge is -2.47. The first-order valence-corrected chi connectivity index (χ1v) is 18.8. The highest BCUT2D eigenvalue weighted by Gasteiger charge is 2.59. The molecule has 3 aliphatic heterocycles. The standard InChI is InChI=1S/C35H61N6O10P/c1-12-25-35(8)28(41(33(45)50-35)16-14-13-15-37-39-36)23(6)38-30(43)19(2)18-34(7,46-11)29(21(4)26(42)22(5)31(44)48-25)49-32-27(51-52)24(40(9)10)17-20(3)47-32/h19-25,27-29,32H,12-18,52H2,1-11H3,(H,38,43)/t19-,20-,21+,22-,23-,24?,25-,27?,28-,29-,32+,34-,35-/m1/s1. The molecule has 3 unspecified atom stereocenters. The molecule has 1 N–H and O–H groups in total. The Balaban J connectivity index is 2.09. The molecule has 16 nitrogen and oxygen atoms in total. The highest BCUT2D eigenvalue weighted by atomic mass is 31.0. The number of nitrogens with one attached hydrogen (secondary N) is 1. The normalized spacial score (nSPS) is 39.5. The Labute approximate surface area is 310 Å². The maximum Gasteiger partial charge on any atom is 0.410 e. The van der Waals surface area contributed by atoms with Crippen molar-refractivity contribution in [2.24, 2.45) is 22.9 Å². The number of hydrogen-bond acceptors (Lipinski definition) is 12. The van der Waals surface area contributed by atoms with Gasteiger partial charge in [0.15, 0.2) is 17.7 Å². The largest absolute Gasteiger partial charge is 0.458 e. The molecule has 2 amide bonds. The van der Waals surface area contributed by atoms with E-state index in [1.165, 1.54) is 18.9 Å². The van der Waals surface area contributed by atoms with Crippen LogP contribution in [0.1, 0.15) is 87.5 Å². The molecule has 3 rings (SSSR count). The first kappa shape index (κ1) is 43.8. The summed E-state index contributed by atoms with van der Waals surface area (Å²) in [4.78, 5) is 62.0. The molecular formula is C35H61N6O10P. The van der Waals surface area contributed by atoms with Crippen LogP contribution in [0.2, 0.25) is 0 Å². The molecule has 3 aliphatic rings. The third kappa shape index (κ3) is 9.55. The van der Waals surface area contributed by atoms with Gasteiger partial charge in [-0.05, 0) is 86.3 Å². The van der Waals surface area contributed by atoms with Gasteiger partial charge in [0.2, 0.25) is 5.91 Å². The zero-order valence-electron chi connectivity index (χ0n) is 32.7. The number of esters is 1. The topological polar surface area (TPSA) is 191 Å². The van der Waals surface area contributed by atoms with Crippen molar-refractivity contribution in [3.05, 3.63) is 10.4 Å². The number of methoxy groups -OCH3 is 1. The molecule has 3 heterocycles. The number of carbonyl (C=O) groups is 4. The van der Waals surface area contributed by atoms with Crippen LogP contribution in [0.4, 0.5) is 4.79 Å². The van der Waals surface area contributed by atoms with E-state index in [2.05, 4.69) is 24.8 Å². The maximum absolute atomic E-state index is 14.3. The van der Waals surface area contributed by atoms with Crippen LogP contribution >= 0.6 is 9.47 Å². The van der Waals surface area contributed by atoms with Crippen LogP contribution in [-0.4, -0.2) is 128 Å². The number of Topliss-reactive ketones (excluding diaryl/α,β-unsaturated/α-hetero) is 1. The molecule has 0 bridgehead atoms. The van der Waals surface area contributed by atoms with E-state index in [0.29, 0.717) is 19.3 Å². The van der Waals surface area contributed by atoms with E-state index in [0.717, 1.165) is 0 Å². The van der Waals surface area contributed by atoms with Crippen molar-refractivity contribution < 1.29 is 47.4 Å². The SMILES string of the molecule is CC[C@H]1OC(=O)[C@H](C)C(=O)[C@H](C)[C@@H](O[C@@H]2O[C@H](C)CC(N(C)C)C2OP)[C@](C)(OC)C[C@@H](C)C(=O)N[C@H](C)[C@H]2N(CCCCN=[N+]=[N-])C(=O)O[C@]12C. The van der Waals surface area contributed by atoms with Crippen molar-refractivity contribution in [3.63, 3.8) is 0 Å². The van der Waals surface area contributed by atoms with Gasteiger partial charge in [0.05, 0.1) is 29.9 Å². The highest BCUT2D eigenvalue weighted by molar-refractivity contribution is 7.09. The number of fused-ring (bicyclic) bond motifs is 1. The van der Waals surface area contributed by atoms with E-state index >= 15 is 0 Å². The Hall–Kier alpha value is -2.58. The number of ether oxygens (including phenoxy) is 5. The van der Waals surface area contributed by atoms with E-state index in [4.69, 9.17) is 33.7 Å². The summed E-state index contributed by atoms with van der Waals surface area (Å²) in [5.41, 5.74) is 6.05. The highest BCUT2D eigenvalue weighted by Crippen LogP contribution is 2.40. The predicted octanol–water partition coefficient (Wildman–Crippen LogP) is 4.39. The summed E-state index contributed by atoms with van der Waals surface area (Å²) in [6.07, 6.45) is -2.09. The minimum absolute atomic E-state index is 0.0695. The molecule has 0 aromatic rings. The molecule has 0 saturated carbocycles. The summed E-state index contributed by atoms with van der Waals surface area (Å²) in [7, 11) is 7.69. The van der Waals surface area contributed by atoms with Gasteiger partial charge in [-0.15, -0.1) is 0 Å². The first-order valence-electron chi connectivity index (χ1n) is 18.3. The van der Waals surface area contributed by atoms with Gasteiger partial charge in [0, 0.05) is 52.5 Å². The van der Waals surface area contributed by atoms with Gasteiger partial charge in [-0.2, -0.15) is 0 Å². The average Bonchev–Trinajstić information content (AvgIpc) is 3.36. The van der Waals surface area contributed by atoms with Crippen molar-refractivity contribution in [2.45, 2.75) is 148 Å². The monoisotopic (exact) mass is 756 g/mol. The quantitative estimate of drug-likeness (QED) is 0.0598. The molecule has 296 valence electrons. The van der Waals surface area contributed by atoms with Crippen molar-refractivity contribution in [2.75, 3.05) is 34.3 Å². The van der Waals surface area contributed by atoms with Crippen LogP contribution in [0.5, 0.6) is 0 Å². The van der Waals surface area contributed by atoms with E-state index in [-0.39, 0.29) is 44.0 Å². The molecule has 0 aromatic heterocycles. The molecule has 0 aliphatic carbocycles. The lowest BCUT2D eigenvalue weighted by molar-refractivity contribution is -0.289. The Morgan fingerprint density at radius 2 is 1.79 bits per heavy atom. The molecule has 14 atom stereocenters. The van der Waals surface area contributed by atoms with Gasteiger partial charge in [-0.1, -0.05) is 25.9 Å². The lowest BCUT2D eigenvalue weighted by atomic mass is 9.78. The maximum atomic E-state index is 14.3. The predicted molar refractivity (Wildman–Crippen MR) is 195 cm³/mol. The minimum Gasteiger partial charge on any atom is -0.458 e. The number of likely N-dealkylation sites (N-methyl/N-ethyl adjacent to an activating group) is 1. The summed E-state index contributed by atoms with van der Waals surface area (Å²) in [6.45, 7) is 14.5. The number of azide groups is 1. The van der Waals surface area contributed by atoms with Crippen molar-refractivity contribution in [3.8, 4) is 0 Å². The zero-order valence-corrected chi connectivity index (χ0v) is 33.9. The summed E-state index contributed by atoms with van der Waals surface area (Å²) in [5, 5.41) is 6.68. The van der Waals surface area contributed by atoms with Crippen LogP contribution < -0.4 is 5.32 Å². The summed E-state index contributed by atoms with van der Waals surface area (Å²) >= 11 is 0. The number of ketones is 1. The molecular weight excluding hydrogens is 695 g/mol. The number of nitrogens with zero attached hydrogens (tertiary/aromatic N) is 5. The van der Waals surface area contributed by atoms with Gasteiger partial charge in [-0.3, -0.25) is 19.3 Å². The van der Waals surface area contributed by atoms with Crippen molar-refractivity contribution in [1.29, 1.82) is 0 Å². The van der Waals surface area contributed by atoms with Crippen LogP contribution in [-0.2, 0) is 42.6 Å². The average molecular weight is 757 g/mol. The van der Waals surface area contributed by atoms with Gasteiger partial charge in [0.1, 0.15) is 18.1 Å². The van der Waals surface area contributed by atoms with Gasteiger partial charge in [-0.25, -0.2) is 4.79 Å². The zero-order chi connectivity index (χ0) is 39.1. The number of hydrogen-bond donors (Lipinski definition) is 1. The third-order valence-electron chi connectivity index (χ3n) is 11.1. The second-order valence-corrected chi connectivity index (χ2v) is 15.5. The molecule has 3 fully saturated rings. The van der Waals surface area contributed by atoms with Crippen LogP contribution in [0.3, 0.4) is 0 Å². The third-order valence-corrected chi connectivity index (χ3v) is 11.5. The Kier molecular flexibility index (Phi) is 15.7. The molecule has 3 saturated heterocycles. The van der Waals surface area contributed by atoms with E-state index in [9.17, 15) is 19.2 Å². The van der Waals surface area contributed by atoms with Crippen molar-refractivity contribution >= 4 is 33.2 Å². The summed E-state index contributed by atoms with van der Waals surface area (Å²) in [6, 6.07) is -1.47. The summed E-state index contributed by atoms with van der Waals surface area (Å²) < 4.78 is 37.1. The molecule has 52 heavy (non-hydrogen) atoms. The fraction of sp³-hybridized carbons (Fsp3) is 0.886. The fourth-order valence-electron chi connectivity index (χ4n) is 8.18. The smallest absolute Gasteiger partial charge is 0.410 e. The fourth-order valence-corrected chi connectivity index (χ4v) is 8.49. The lowest BCUT2D eigenvalue weighted by Crippen LogP contribution is -2.61. The number of carbonyl (C=O) groups excluding carboxylic acids is 4. The van der Waals surface area contributed by atoms with E-state index in [1.54, 1.807) is 41.5 Å². The Bertz CT molecular complexity index is 1320. The molecule has 0 aromatic carbocycles. The second-order valence-electron chi connectivity index (χ2n) is 15.3. The van der Waals surface area contributed by atoms with Crippen molar-refractivity contribution in [1.82, 2.24) is 15.1 Å². The molecule has 17 heteroatoms. The number of unbranched alkanes of at least 4 members (excludes halogenated alkanes) is 1. The molecule has 0 radical (unpaired) electrons. The number of rotatable bonds is 11. The second kappa shape index (κ2) is 18.6.